The van der Waals surface area contributed by atoms with Crippen LogP contribution in [0.25, 0.3) is 11.7 Å². The number of ether oxygens (including phenoxy) is 1. The Kier molecular flexibility index (Phi) is 6.69. The fourth-order valence-corrected chi connectivity index (χ4v) is 5.43. The Balaban J connectivity index is 1.26. The lowest BCUT2D eigenvalue weighted by Gasteiger charge is -2.33. The molecule has 9 nitrogen and oxygen atoms in total. The van der Waals surface area contributed by atoms with E-state index in [1.165, 1.54) is 22.5 Å². The summed E-state index contributed by atoms with van der Waals surface area (Å²) < 4.78 is 58.0. The molecule has 1 aliphatic heterocycles. The highest BCUT2D eigenvalue weighted by Crippen LogP contribution is 2.31. The number of nitriles is 1. The third-order valence-electron chi connectivity index (χ3n) is 5.95. The van der Waals surface area contributed by atoms with E-state index >= 15 is 0 Å². The third-order valence-corrected chi connectivity index (χ3v) is 7.84. The van der Waals surface area contributed by atoms with Crippen molar-refractivity contribution in [3.05, 3.63) is 83.5 Å². The van der Waals surface area contributed by atoms with E-state index in [0.717, 1.165) is 11.6 Å². The van der Waals surface area contributed by atoms with Crippen molar-refractivity contribution in [2.24, 2.45) is 0 Å². The van der Waals surface area contributed by atoms with Crippen molar-refractivity contribution >= 4 is 15.9 Å². The highest BCUT2D eigenvalue weighted by atomic mass is 32.2. The van der Waals surface area contributed by atoms with Gasteiger partial charge in [0.1, 0.15) is 30.0 Å². The number of anilines is 1. The van der Waals surface area contributed by atoms with E-state index in [-0.39, 0.29) is 55.2 Å². The largest absolute Gasteiger partial charge is 0.486 e. The Bertz CT molecular complexity index is 1550. The Labute approximate surface area is 213 Å². The molecule has 3 heterocycles. The van der Waals surface area contributed by atoms with Crippen molar-refractivity contribution in [3.8, 4) is 23.5 Å². The summed E-state index contributed by atoms with van der Waals surface area (Å²) in [5, 5.41) is 9.61. The Hall–Kier alpha value is -4.14. The Morgan fingerprint density at radius 3 is 2.51 bits per heavy atom. The minimum atomic E-state index is -3.84. The second kappa shape index (κ2) is 10.1. The first kappa shape index (κ1) is 24.5. The molecule has 0 unspecified atom stereocenters. The molecule has 0 N–H and O–H groups in total. The molecule has 1 saturated heterocycles. The van der Waals surface area contributed by atoms with E-state index in [0.29, 0.717) is 17.3 Å². The fourth-order valence-electron chi connectivity index (χ4n) is 3.97. The van der Waals surface area contributed by atoms with Gasteiger partial charge in [-0.1, -0.05) is 23.8 Å². The van der Waals surface area contributed by atoms with Crippen LogP contribution >= 0.6 is 0 Å². The van der Waals surface area contributed by atoms with Crippen molar-refractivity contribution < 1.29 is 26.4 Å². The summed E-state index contributed by atoms with van der Waals surface area (Å²) in [7, 11) is -3.84. The standard InChI is InChI=1S/C26H23FN4O5S/c1-18-5-7-20(8-6-18)34-17-21-9-10-24(35-21)25-29-23(16-28)26(36-25)30-11-13-31(14-12-30)37(32,33)22-4-2-3-19(27)15-22/h2-10,15H,11-14,17H2,1H3. The average molecular weight is 523 g/mol. The van der Waals surface area contributed by atoms with Crippen LogP contribution < -0.4 is 9.64 Å². The zero-order chi connectivity index (χ0) is 26.0. The van der Waals surface area contributed by atoms with E-state index < -0.39 is 15.8 Å². The first-order valence-corrected chi connectivity index (χ1v) is 13.0. The maximum absolute atomic E-state index is 13.6. The van der Waals surface area contributed by atoms with Crippen molar-refractivity contribution in [3.63, 3.8) is 0 Å². The number of sulfonamides is 1. The van der Waals surface area contributed by atoms with Crippen LogP contribution in [0.2, 0.25) is 0 Å². The summed E-state index contributed by atoms with van der Waals surface area (Å²) in [6, 6.07) is 18.1. The molecule has 37 heavy (non-hydrogen) atoms. The number of piperazine rings is 1. The van der Waals surface area contributed by atoms with Crippen molar-refractivity contribution in [2.45, 2.75) is 18.4 Å². The number of aromatic nitrogens is 1. The molecular weight excluding hydrogens is 499 g/mol. The molecule has 1 fully saturated rings. The number of furan rings is 1. The van der Waals surface area contributed by atoms with Gasteiger partial charge < -0.3 is 18.5 Å². The molecule has 5 rings (SSSR count). The zero-order valence-electron chi connectivity index (χ0n) is 19.9. The SMILES string of the molecule is Cc1ccc(OCc2ccc(-c3nc(C#N)c(N4CCN(S(=O)(=O)c5cccc(F)c5)CC4)o3)o2)cc1. The second-order valence-electron chi connectivity index (χ2n) is 8.50. The molecule has 2 aromatic carbocycles. The van der Waals surface area contributed by atoms with Gasteiger partial charge in [-0.15, -0.1) is 0 Å². The number of nitrogens with zero attached hydrogens (tertiary/aromatic N) is 4. The third kappa shape index (κ3) is 5.21. The molecule has 190 valence electrons. The van der Waals surface area contributed by atoms with E-state index in [4.69, 9.17) is 13.6 Å². The number of hydrogen-bond donors (Lipinski definition) is 0. The van der Waals surface area contributed by atoms with Crippen LogP contribution in [0.1, 0.15) is 17.0 Å². The molecule has 4 aromatic rings. The molecule has 0 amide bonds. The van der Waals surface area contributed by atoms with E-state index in [1.807, 2.05) is 37.3 Å². The predicted molar refractivity (Wildman–Crippen MR) is 132 cm³/mol. The van der Waals surface area contributed by atoms with Gasteiger partial charge in [-0.05, 0) is 49.4 Å². The highest BCUT2D eigenvalue weighted by molar-refractivity contribution is 7.89. The monoisotopic (exact) mass is 522 g/mol. The summed E-state index contributed by atoms with van der Waals surface area (Å²) in [4.78, 5) is 5.93. The van der Waals surface area contributed by atoms with E-state index in [9.17, 15) is 18.1 Å². The van der Waals surface area contributed by atoms with Crippen LogP contribution in [-0.2, 0) is 16.6 Å². The Morgan fingerprint density at radius 2 is 1.81 bits per heavy atom. The van der Waals surface area contributed by atoms with Gasteiger partial charge in [-0.2, -0.15) is 14.6 Å². The first-order chi connectivity index (χ1) is 17.8. The number of hydrogen-bond acceptors (Lipinski definition) is 8. The predicted octanol–water partition coefficient (Wildman–Crippen LogP) is 4.34. The van der Waals surface area contributed by atoms with Gasteiger partial charge in [0.05, 0.1) is 4.90 Å². The normalized spacial score (nSPS) is 14.5. The fraction of sp³-hybridized carbons (Fsp3) is 0.231. The van der Waals surface area contributed by atoms with Gasteiger partial charge >= 0.3 is 0 Å². The van der Waals surface area contributed by atoms with Crippen LogP contribution in [0.5, 0.6) is 5.75 Å². The summed E-state index contributed by atoms with van der Waals surface area (Å²) in [6.45, 7) is 3.03. The van der Waals surface area contributed by atoms with Crippen molar-refractivity contribution in [1.29, 1.82) is 5.26 Å². The van der Waals surface area contributed by atoms with Gasteiger partial charge in [0.15, 0.2) is 5.76 Å². The molecule has 11 heteroatoms. The van der Waals surface area contributed by atoms with E-state index in [1.54, 1.807) is 17.0 Å². The van der Waals surface area contributed by atoms with Crippen LogP contribution in [0.3, 0.4) is 0 Å². The summed E-state index contributed by atoms with van der Waals surface area (Å²) in [5.74, 6) is 1.39. The molecule has 2 aromatic heterocycles. The average Bonchev–Trinajstić information content (AvgIpc) is 3.56. The van der Waals surface area contributed by atoms with Crippen LogP contribution in [0.15, 0.2) is 74.4 Å². The molecule has 0 atom stereocenters. The summed E-state index contributed by atoms with van der Waals surface area (Å²) in [6.07, 6.45) is 0. The lowest BCUT2D eigenvalue weighted by atomic mass is 10.2. The summed E-state index contributed by atoms with van der Waals surface area (Å²) >= 11 is 0. The maximum Gasteiger partial charge on any atom is 0.266 e. The maximum atomic E-state index is 13.6. The van der Waals surface area contributed by atoms with Gasteiger partial charge in [-0.25, -0.2) is 12.8 Å². The van der Waals surface area contributed by atoms with Gasteiger partial charge in [0.25, 0.3) is 5.89 Å². The number of oxazole rings is 1. The van der Waals surface area contributed by atoms with Gasteiger partial charge in [-0.3, -0.25) is 0 Å². The lowest BCUT2D eigenvalue weighted by Crippen LogP contribution is -2.48. The number of halogens is 1. The van der Waals surface area contributed by atoms with Crippen LogP contribution in [0.4, 0.5) is 10.3 Å². The number of aryl methyl sites for hydroxylation is 1. The molecule has 0 aliphatic carbocycles. The topological polar surface area (TPSA) is 113 Å². The van der Waals surface area contributed by atoms with Crippen molar-refractivity contribution in [1.82, 2.24) is 9.29 Å². The summed E-state index contributed by atoms with van der Waals surface area (Å²) in [5.41, 5.74) is 1.21. The Morgan fingerprint density at radius 1 is 1.05 bits per heavy atom. The smallest absolute Gasteiger partial charge is 0.266 e. The van der Waals surface area contributed by atoms with Gasteiger partial charge in [0, 0.05) is 26.2 Å². The highest BCUT2D eigenvalue weighted by Gasteiger charge is 2.31. The first-order valence-electron chi connectivity index (χ1n) is 11.5. The number of benzene rings is 2. The van der Waals surface area contributed by atoms with Crippen LogP contribution in [0, 0.1) is 24.1 Å². The molecule has 0 saturated carbocycles. The van der Waals surface area contributed by atoms with E-state index in [2.05, 4.69) is 4.98 Å². The van der Waals surface area contributed by atoms with Crippen LogP contribution in [-0.4, -0.2) is 43.9 Å². The molecule has 0 bridgehead atoms. The molecule has 0 spiro atoms. The molecular formula is C26H23FN4O5S. The lowest BCUT2D eigenvalue weighted by molar-refractivity contribution is 0.271. The van der Waals surface area contributed by atoms with Crippen molar-refractivity contribution in [2.75, 3.05) is 31.1 Å². The van der Waals surface area contributed by atoms with Gasteiger partial charge in [0.2, 0.25) is 21.6 Å². The second-order valence-corrected chi connectivity index (χ2v) is 10.4. The molecule has 0 radical (unpaired) electrons. The zero-order valence-corrected chi connectivity index (χ0v) is 20.7. The minimum absolute atomic E-state index is 0.0743. The minimum Gasteiger partial charge on any atom is -0.486 e. The molecule has 1 aliphatic rings. The number of rotatable bonds is 7. The quantitative estimate of drug-likeness (QED) is 0.352.